The molecule has 4 heterocycles. The molecule has 1 saturated heterocycles. The molecular weight excluding hydrogens is 1060 g/mol. The molecule has 0 aliphatic carbocycles. The van der Waals surface area contributed by atoms with Gasteiger partial charge in [0, 0.05) is 85.4 Å². The Hall–Kier alpha value is -6.29. The van der Waals surface area contributed by atoms with Gasteiger partial charge in [-0.2, -0.15) is 11.8 Å². The quantitative estimate of drug-likeness (QED) is 0.0740. The summed E-state index contributed by atoms with van der Waals surface area (Å²) in [6.45, 7) is 3.81. The summed E-state index contributed by atoms with van der Waals surface area (Å²) >= 11 is 1.39. The fourth-order valence-electron chi connectivity index (χ4n) is 9.73. The average Bonchev–Trinajstić information content (AvgIpc) is 4.05. The number of benzene rings is 1. The second-order valence-corrected chi connectivity index (χ2v) is 22.7. The number of ketones is 3. The standard InChI is InChI=1S/C51H73N9O16S2/c1-6-25(2)32-16-29(63)19-54-46(70)28-14-33-31-10-11-40(76-5)34(23-77-13-12-53-42(68)9-7-8-26(3)62)45(31)59-50(33)78(75)24-36(56-43(69)20-55-47(32)71)48(72)57-35(18-41(52)67)51(74)60-21-30(64)17-37(60)49(73)58-44(38(65)15-28)27(4)39(66)22-61/h10-11,25,27-28,30,32,35-37,39,44,59,61,64,66H,6-9,12-24H2,1-5H3,(H2,52,67)(H,53,68)(H,54,70)(H,55,71)(H,56,69)(H,57,72)(H,58,73)/t25-,27-,28+,30+,32-,35-,36-,37-,39-,44-,78?/m0/s1. The summed E-state index contributed by atoms with van der Waals surface area (Å²) in [5.41, 5.74) is 6.62. The van der Waals surface area contributed by atoms with Crippen LogP contribution in [-0.2, 0) is 75.7 Å². The van der Waals surface area contributed by atoms with E-state index in [2.05, 4.69) is 36.9 Å². The maximum Gasteiger partial charge on any atom is 0.246 e. The molecule has 11 atom stereocenters. The van der Waals surface area contributed by atoms with Crippen LogP contribution in [0.15, 0.2) is 17.2 Å². The van der Waals surface area contributed by atoms with Crippen LogP contribution in [0.5, 0.6) is 5.75 Å². The van der Waals surface area contributed by atoms with Crippen molar-refractivity contribution in [1.29, 1.82) is 0 Å². The Bertz CT molecular complexity index is 2630. The highest BCUT2D eigenvalue weighted by atomic mass is 32.2. The largest absolute Gasteiger partial charge is 0.496 e. The molecule has 3 aliphatic rings. The van der Waals surface area contributed by atoms with E-state index >= 15 is 4.21 Å². The van der Waals surface area contributed by atoms with E-state index in [0.717, 1.165) is 4.90 Å². The molecule has 12 N–H and O–H groups in total. The summed E-state index contributed by atoms with van der Waals surface area (Å²) in [7, 11) is -0.985. The molecular formula is C51H73N9O16S2. The van der Waals surface area contributed by atoms with Crippen molar-refractivity contribution < 1.29 is 77.0 Å². The normalized spacial score (nSPS) is 25.6. The van der Waals surface area contributed by atoms with Gasteiger partial charge in [-0.05, 0) is 43.4 Å². The smallest absolute Gasteiger partial charge is 0.246 e. The van der Waals surface area contributed by atoms with Crippen LogP contribution in [0.4, 0.5) is 0 Å². The fraction of sp³-hybridized carbons (Fsp3) is 0.627. The number of aliphatic hydroxyl groups excluding tert-OH is 3. The van der Waals surface area contributed by atoms with Crippen molar-refractivity contribution in [2.75, 3.05) is 51.4 Å². The van der Waals surface area contributed by atoms with Gasteiger partial charge in [-0.3, -0.25) is 52.2 Å². The Morgan fingerprint density at radius 2 is 1.67 bits per heavy atom. The lowest BCUT2D eigenvalue weighted by molar-refractivity contribution is -0.144. The second kappa shape index (κ2) is 29.1. The first kappa shape index (κ1) is 62.6. The second-order valence-electron chi connectivity index (χ2n) is 20.2. The Labute approximate surface area is 457 Å². The molecule has 1 unspecified atom stereocenters. The third-order valence-electron chi connectivity index (χ3n) is 14.4. The summed E-state index contributed by atoms with van der Waals surface area (Å²) in [6, 6.07) is -3.70. The van der Waals surface area contributed by atoms with E-state index in [9.17, 15) is 68.1 Å². The average molecular weight is 1130 g/mol. The zero-order chi connectivity index (χ0) is 57.5. The van der Waals surface area contributed by atoms with E-state index in [0.29, 0.717) is 40.8 Å². The van der Waals surface area contributed by atoms with Gasteiger partial charge in [0.1, 0.15) is 34.7 Å². The molecule has 2 bridgehead atoms. The number of methoxy groups -OCH3 is 1. The Kier molecular flexibility index (Phi) is 23.3. The molecule has 25 nitrogen and oxygen atoms in total. The monoisotopic (exact) mass is 1130 g/mol. The predicted octanol–water partition coefficient (Wildman–Crippen LogP) is -2.33. The number of Topliss-reactive ketones (excluding diaryl/α,β-unsaturated/α-hetero) is 3. The van der Waals surface area contributed by atoms with E-state index in [4.69, 9.17) is 10.5 Å². The van der Waals surface area contributed by atoms with Crippen LogP contribution >= 0.6 is 11.8 Å². The number of fused-ring (bicyclic) bond motifs is 5. The van der Waals surface area contributed by atoms with Crippen molar-refractivity contribution in [1.82, 2.24) is 41.8 Å². The van der Waals surface area contributed by atoms with Gasteiger partial charge in [0.25, 0.3) is 0 Å². The number of primary amides is 1. The number of nitrogens with two attached hydrogens (primary N) is 1. The molecule has 1 aromatic carbocycles. The highest BCUT2D eigenvalue weighted by molar-refractivity contribution is 7.98. The fourth-order valence-corrected chi connectivity index (χ4v) is 12.0. The molecule has 0 radical (unpaired) electrons. The van der Waals surface area contributed by atoms with Crippen molar-refractivity contribution in [3.63, 3.8) is 0 Å². The zero-order valence-corrected chi connectivity index (χ0v) is 46.1. The number of aromatic amines is 1. The molecule has 0 spiro atoms. The number of hydrogen-bond donors (Lipinski definition) is 11. The van der Waals surface area contributed by atoms with E-state index in [-0.39, 0.29) is 53.8 Å². The van der Waals surface area contributed by atoms with Gasteiger partial charge < -0.3 is 72.4 Å². The third kappa shape index (κ3) is 16.6. The van der Waals surface area contributed by atoms with Gasteiger partial charge in [-0.25, -0.2) is 0 Å². The SMILES string of the molecule is CC[C@H](C)[C@@H]1CC(=O)CNC(=O)[C@H]2CC(=O)[C@H]([C@@H](C)[C@@H](O)CO)NC(=O)[C@@H]3C[C@@H](O)CN3C(=O)[C@H](CC(N)=O)NC(=O)[C@H](CS(=O)c3[nH]c4c(CSCCNC(=O)CCCC(C)=O)c(OC)ccc4c3C2)NC(=O)CNC1=O. The summed E-state index contributed by atoms with van der Waals surface area (Å²) in [6.07, 6.45) is -4.52. The van der Waals surface area contributed by atoms with Gasteiger partial charge in [-0.15, -0.1) is 0 Å². The summed E-state index contributed by atoms with van der Waals surface area (Å²) in [5.74, 6) is -12.6. The number of carbonyl (C=O) groups is 11. The van der Waals surface area contributed by atoms with Gasteiger partial charge in [0.15, 0.2) is 11.6 Å². The van der Waals surface area contributed by atoms with E-state index in [1.807, 2.05) is 0 Å². The van der Waals surface area contributed by atoms with Crippen LogP contribution in [0.25, 0.3) is 10.9 Å². The number of rotatable bonds is 17. The van der Waals surface area contributed by atoms with Crippen molar-refractivity contribution in [2.45, 2.75) is 133 Å². The first-order chi connectivity index (χ1) is 37.0. The molecule has 27 heteroatoms. The molecule has 8 amide bonds. The highest BCUT2D eigenvalue weighted by Gasteiger charge is 2.45. The van der Waals surface area contributed by atoms with Gasteiger partial charge in [0.2, 0.25) is 47.3 Å². The highest BCUT2D eigenvalue weighted by Crippen LogP contribution is 2.37. The molecule has 5 rings (SSSR count). The molecule has 0 saturated carbocycles. The van der Waals surface area contributed by atoms with Crippen molar-refractivity contribution in [3.8, 4) is 5.75 Å². The molecule has 1 fully saturated rings. The first-order valence-electron chi connectivity index (χ1n) is 26.0. The van der Waals surface area contributed by atoms with E-state index in [1.54, 1.807) is 26.0 Å². The van der Waals surface area contributed by atoms with Crippen LogP contribution < -0.4 is 42.4 Å². The minimum atomic E-state index is -2.41. The number of hydrogen-bond acceptors (Lipinski definition) is 17. The summed E-state index contributed by atoms with van der Waals surface area (Å²) in [4.78, 5) is 155. The van der Waals surface area contributed by atoms with Crippen molar-refractivity contribution in [3.05, 3.63) is 23.3 Å². The maximum absolute atomic E-state index is 15.2. The Morgan fingerprint density at radius 3 is 2.33 bits per heavy atom. The topological polar surface area (TPSA) is 392 Å². The van der Waals surface area contributed by atoms with Crippen LogP contribution in [0, 0.1) is 23.7 Å². The molecule has 1 aromatic heterocycles. The predicted molar refractivity (Wildman–Crippen MR) is 283 cm³/mol. The number of amides is 8. The van der Waals surface area contributed by atoms with E-state index < -0.39 is 181 Å². The third-order valence-corrected chi connectivity index (χ3v) is 16.8. The minimum Gasteiger partial charge on any atom is -0.496 e. The molecule has 430 valence electrons. The van der Waals surface area contributed by atoms with Crippen molar-refractivity contribution >= 4 is 98.1 Å². The number of nitrogens with one attached hydrogen (secondary N) is 7. The Morgan fingerprint density at radius 1 is 0.949 bits per heavy atom. The first-order valence-corrected chi connectivity index (χ1v) is 28.4. The number of carbonyl (C=O) groups excluding carboxylic acids is 11. The van der Waals surface area contributed by atoms with Crippen LogP contribution in [0.2, 0.25) is 0 Å². The van der Waals surface area contributed by atoms with E-state index in [1.165, 1.54) is 32.7 Å². The van der Waals surface area contributed by atoms with Crippen LogP contribution in [0.1, 0.15) is 90.2 Å². The van der Waals surface area contributed by atoms with Gasteiger partial charge in [-0.1, -0.05) is 27.2 Å². The molecule has 3 aliphatic heterocycles. The maximum atomic E-state index is 15.2. The van der Waals surface area contributed by atoms with Crippen LogP contribution in [-0.4, -0.2) is 182 Å². The lowest BCUT2D eigenvalue weighted by Gasteiger charge is -2.32. The minimum absolute atomic E-state index is 0.0279. The number of thioether (sulfide) groups is 1. The number of H-pyrrole nitrogens is 1. The lowest BCUT2D eigenvalue weighted by atomic mass is 9.85. The summed E-state index contributed by atoms with van der Waals surface area (Å²) < 4.78 is 21.0. The van der Waals surface area contributed by atoms with Crippen LogP contribution in [0.3, 0.4) is 0 Å². The van der Waals surface area contributed by atoms with Gasteiger partial charge in [0.05, 0.1) is 73.5 Å². The number of ether oxygens (including phenoxy) is 1. The summed E-state index contributed by atoms with van der Waals surface area (Å²) in [5, 5.41) is 47.5. The molecule has 78 heavy (non-hydrogen) atoms. The number of aliphatic hydroxyl groups is 3. The van der Waals surface area contributed by atoms with Gasteiger partial charge >= 0.3 is 0 Å². The zero-order valence-electron chi connectivity index (χ0n) is 44.4. The Balaban J connectivity index is 1.73. The molecule has 2 aromatic rings. The lowest BCUT2D eigenvalue weighted by Crippen LogP contribution is -2.60. The van der Waals surface area contributed by atoms with Crippen molar-refractivity contribution in [2.24, 2.45) is 29.4 Å². The number of aromatic nitrogens is 1. The number of nitrogens with zero attached hydrogens (tertiary/aromatic N) is 1.